The summed E-state index contributed by atoms with van der Waals surface area (Å²) in [5, 5.41) is 1.19. The van der Waals surface area contributed by atoms with E-state index < -0.39 is 0 Å². The van der Waals surface area contributed by atoms with Crippen molar-refractivity contribution >= 4 is 16.7 Å². The van der Waals surface area contributed by atoms with E-state index in [9.17, 15) is 0 Å². The van der Waals surface area contributed by atoms with Crippen molar-refractivity contribution < 1.29 is 0 Å². The molecule has 114 valence electrons. The van der Waals surface area contributed by atoms with Crippen LogP contribution in [0, 0.1) is 0 Å². The van der Waals surface area contributed by atoms with Gasteiger partial charge in [-0.3, -0.25) is 0 Å². The number of para-hydroxylation sites is 1. The standard InChI is InChI=1S/C18H27N3/c1-5-10-21(13(2)3)18-16(11-14(4)19)12-15-8-6-7-9-17(15)20-18/h6-9,12-14H,5,10-11,19H2,1-4H3. The van der Waals surface area contributed by atoms with Crippen LogP contribution in [0.15, 0.2) is 30.3 Å². The summed E-state index contributed by atoms with van der Waals surface area (Å²) in [5.41, 5.74) is 8.35. The van der Waals surface area contributed by atoms with Crippen LogP contribution in [0.25, 0.3) is 10.9 Å². The Morgan fingerprint density at radius 1 is 1.19 bits per heavy atom. The molecule has 0 spiro atoms. The third-order valence-corrected chi connectivity index (χ3v) is 3.68. The first-order valence-electron chi connectivity index (χ1n) is 7.93. The zero-order chi connectivity index (χ0) is 15.4. The van der Waals surface area contributed by atoms with Crippen LogP contribution in [-0.4, -0.2) is 23.6 Å². The molecule has 0 saturated carbocycles. The van der Waals surface area contributed by atoms with Gasteiger partial charge in [-0.15, -0.1) is 0 Å². The molecular formula is C18H27N3. The fourth-order valence-corrected chi connectivity index (χ4v) is 2.74. The van der Waals surface area contributed by atoms with Crippen LogP contribution in [0.3, 0.4) is 0 Å². The van der Waals surface area contributed by atoms with Crippen molar-refractivity contribution in [2.24, 2.45) is 5.73 Å². The summed E-state index contributed by atoms with van der Waals surface area (Å²) in [6, 6.07) is 11.1. The van der Waals surface area contributed by atoms with Gasteiger partial charge < -0.3 is 10.6 Å². The molecular weight excluding hydrogens is 258 g/mol. The zero-order valence-electron chi connectivity index (χ0n) is 13.6. The molecule has 0 aliphatic rings. The molecule has 0 radical (unpaired) electrons. The highest BCUT2D eigenvalue weighted by molar-refractivity contribution is 5.82. The smallest absolute Gasteiger partial charge is 0.132 e. The maximum absolute atomic E-state index is 6.04. The Bertz CT molecular complexity index is 590. The summed E-state index contributed by atoms with van der Waals surface area (Å²) in [7, 11) is 0. The Morgan fingerprint density at radius 2 is 1.90 bits per heavy atom. The van der Waals surface area contributed by atoms with Gasteiger partial charge in [0, 0.05) is 24.0 Å². The molecule has 0 fully saturated rings. The van der Waals surface area contributed by atoms with Gasteiger partial charge in [-0.2, -0.15) is 0 Å². The third-order valence-electron chi connectivity index (χ3n) is 3.68. The summed E-state index contributed by atoms with van der Waals surface area (Å²) in [4.78, 5) is 7.33. The molecule has 2 rings (SSSR count). The normalized spacial score (nSPS) is 12.9. The molecule has 1 aromatic heterocycles. The molecule has 1 heterocycles. The molecule has 2 N–H and O–H groups in total. The third kappa shape index (κ3) is 3.73. The fraction of sp³-hybridized carbons (Fsp3) is 0.500. The lowest BCUT2D eigenvalue weighted by Crippen LogP contribution is -2.34. The van der Waals surface area contributed by atoms with Gasteiger partial charge in [0.15, 0.2) is 0 Å². The van der Waals surface area contributed by atoms with Gasteiger partial charge in [-0.05, 0) is 51.3 Å². The van der Waals surface area contributed by atoms with Gasteiger partial charge in [0.05, 0.1) is 5.52 Å². The van der Waals surface area contributed by atoms with Crippen LogP contribution in [0.4, 0.5) is 5.82 Å². The number of hydrogen-bond acceptors (Lipinski definition) is 3. The summed E-state index contributed by atoms with van der Waals surface area (Å²) in [6.07, 6.45) is 1.98. The number of hydrogen-bond donors (Lipinski definition) is 1. The second-order valence-corrected chi connectivity index (χ2v) is 6.13. The van der Waals surface area contributed by atoms with Crippen LogP contribution < -0.4 is 10.6 Å². The summed E-state index contributed by atoms with van der Waals surface area (Å²) < 4.78 is 0. The predicted octanol–water partition coefficient (Wildman–Crippen LogP) is 3.75. The highest BCUT2D eigenvalue weighted by atomic mass is 15.2. The molecule has 3 heteroatoms. The number of rotatable bonds is 6. The number of anilines is 1. The number of nitrogens with zero attached hydrogens (tertiary/aromatic N) is 2. The number of nitrogens with two attached hydrogens (primary N) is 1. The minimum atomic E-state index is 0.141. The lowest BCUT2D eigenvalue weighted by Gasteiger charge is -2.30. The highest BCUT2D eigenvalue weighted by Crippen LogP contribution is 2.26. The topological polar surface area (TPSA) is 42.2 Å². The Balaban J connectivity index is 2.56. The van der Waals surface area contributed by atoms with Crippen molar-refractivity contribution in [1.29, 1.82) is 0 Å². The number of fused-ring (bicyclic) bond motifs is 1. The van der Waals surface area contributed by atoms with Crippen LogP contribution in [0.2, 0.25) is 0 Å². The first kappa shape index (κ1) is 15.8. The first-order valence-corrected chi connectivity index (χ1v) is 7.93. The van der Waals surface area contributed by atoms with Gasteiger partial charge in [0.25, 0.3) is 0 Å². The largest absolute Gasteiger partial charge is 0.354 e. The summed E-state index contributed by atoms with van der Waals surface area (Å²) in [6.45, 7) is 9.74. The zero-order valence-corrected chi connectivity index (χ0v) is 13.6. The van der Waals surface area contributed by atoms with Crippen molar-refractivity contribution in [2.45, 2.75) is 52.6 Å². The van der Waals surface area contributed by atoms with E-state index in [2.05, 4.69) is 56.9 Å². The average molecular weight is 285 g/mol. The van der Waals surface area contributed by atoms with Crippen molar-refractivity contribution in [3.05, 3.63) is 35.9 Å². The molecule has 3 nitrogen and oxygen atoms in total. The maximum Gasteiger partial charge on any atom is 0.132 e. The molecule has 0 aliphatic heterocycles. The molecule has 21 heavy (non-hydrogen) atoms. The van der Waals surface area contributed by atoms with E-state index in [0.717, 1.165) is 30.7 Å². The van der Waals surface area contributed by atoms with Gasteiger partial charge in [-0.1, -0.05) is 25.1 Å². The molecule has 2 aromatic rings. The van der Waals surface area contributed by atoms with Crippen molar-refractivity contribution in [2.75, 3.05) is 11.4 Å². The van der Waals surface area contributed by atoms with Crippen LogP contribution >= 0.6 is 0 Å². The molecule has 1 aromatic carbocycles. The van der Waals surface area contributed by atoms with E-state index in [1.165, 1.54) is 10.9 Å². The number of pyridine rings is 1. The maximum atomic E-state index is 6.04. The molecule has 0 amide bonds. The van der Waals surface area contributed by atoms with Gasteiger partial charge in [0.2, 0.25) is 0 Å². The monoisotopic (exact) mass is 285 g/mol. The summed E-state index contributed by atoms with van der Waals surface area (Å²) >= 11 is 0. The van der Waals surface area contributed by atoms with E-state index in [0.29, 0.717) is 6.04 Å². The van der Waals surface area contributed by atoms with Crippen molar-refractivity contribution in [1.82, 2.24) is 4.98 Å². The van der Waals surface area contributed by atoms with Gasteiger partial charge in [0.1, 0.15) is 5.82 Å². The van der Waals surface area contributed by atoms with Crippen LogP contribution in [0.1, 0.15) is 39.7 Å². The fourth-order valence-electron chi connectivity index (χ4n) is 2.74. The second kappa shape index (κ2) is 6.90. The summed E-state index contributed by atoms with van der Waals surface area (Å²) in [5.74, 6) is 1.10. The minimum Gasteiger partial charge on any atom is -0.354 e. The van der Waals surface area contributed by atoms with E-state index in [4.69, 9.17) is 10.7 Å². The molecule has 1 atom stereocenters. The van der Waals surface area contributed by atoms with Crippen LogP contribution in [-0.2, 0) is 6.42 Å². The minimum absolute atomic E-state index is 0.141. The lowest BCUT2D eigenvalue weighted by molar-refractivity contribution is 0.652. The quantitative estimate of drug-likeness (QED) is 0.879. The van der Waals surface area contributed by atoms with Crippen LogP contribution in [0.5, 0.6) is 0 Å². The molecule has 0 saturated heterocycles. The lowest BCUT2D eigenvalue weighted by atomic mass is 10.0. The average Bonchev–Trinajstić information content (AvgIpc) is 2.43. The van der Waals surface area contributed by atoms with Gasteiger partial charge in [-0.25, -0.2) is 4.98 Å². The van der Waals surface area contributed by atoms with Crippen molar-refractivity contribution in [3.63, 3.8) is 0 Å². The Hall–Kier alpha value is -1.61. The molecule has 1 unspecified atom stereocenters. The Morgan fingerprint density at radius 3 is 2.52 bits per heavy atom. The van der Waals surface area contributed by atoms with E-state index >= 15 is 0 Å². The Kier molecular flexibility index (Phi) is 5.18. The number of aromatic nitrogens is 1. The van der Waals surface area contributed by atoms with Crippen molar-refractivity contribution in [3.8, 4) is 0 Å². The predicted molar refractivity (Wildman–Crippen MR) is 91.9 cm³/mol. The van der Waals surface area contributed by atoms with E-state index in [-0.39, 0.29) is 6.04 Å². The van der Waals surface area contributed by atoms with E-state index in [1.54, 1.807) is 0 Å². The SMILES string of the molecule is CCCN(c1nc2ccccc2cc1CC(C)N)C(C)C. The Labute approximate surface area is 128 Å². The highest BCUT2D eigenvalue weighted by Gasteiger charge is 2.17. The first-order chi connectivity index (χ1) is 10.0. The molecule has 0 aliphatic carbocycles. The van der Waals surface area contributed by atoms with E-state index in [1.807, 2.05) is 6.07 Å². The number of benzene rings is 1. The van der Waals surface area contributed by atoms with Gasteiger partial charge >= 0.3 is 0 Å². The molecule has 0 bridgehead atoms. The second-order valence-electron chi connectivity index (χ2n) is 6.13.